The number of hydrogen-bond acceptors (Lipinski definition) is 4. The van der Waals surface area contributed by atoms with Crippen molar-refractivity contribution in [2.75, 3.05) is 18.4 Å². The number of aromatic nitrogens is 3. The summed E-state index contributed by atoms with van der Waals surface area (Å²) in [5.74, 6) is 1.06. The van der Waals surface area contributed by atoms with Crippen molar-refractivity contribution in [1.29, 1.82) is 0 Å². The first-order valence-corrected chi connectivity index (χ1v) is 9.38. The summed E-state index contributed by atoms with van der Waals surface area (Å²) in [6.07, 6.45) is 6.22. The number of H-pyrrole nitrogens is 1. The molecule has 3 aromatic rings. The van der Waals surface area contributed by atoms with Crippen molar-refractivity contribution in [2.24, 2.45) is 0 Å². The van der Waals surface area contributed by atoms with E-state index in [2.05, 4.69) is 27.8 Å². The Morgan fingerprint density at radius 2 is 2.04 bits per heavy atom. The second-order valence-electron chi connectivity index (χ2n) is 7.17. The molecule has 1 amide bonds. The van der Waals surface area contributed by atoms with E-state index >= 15 is 0 Å². The van der Waals surface area contributed by atoms with Crippen molar-refractivity contribution in [1.82, 2.24) is 20.3 Å². The van der Waals surface area contributed by atoms with Crippen LogP contribution in [0.3, 0.4) is 0 Å². The summed E-state index contributed by atoms with van der Waals surface area (Å²) < 4.78 is 0. The summed E-state index contributed by atoms with van der Waals surface area (Å²) in [6, 6.07) is 7.95. The van der Waals surface area contributed by atoms with Crippen LogP contribution in [0.4, 0.5) is 5.82 Å². The highest BCUT2D eigenvalue weighted by molar-refractivity contribution is 6.00. The molecule has 0 spiro atoms. The number of benzene rings is 1. The number of rotatable bonds is 0. The Labute approximate surface area is 157 Å². The molecule has 0 radical (unpaired) electrons. The van der Waals surface area contributed by atoms with Gasteiger partial charge in [0, 0.05) is 36.0 Å². The van der Waals surface area contributed by atoms with Gasteiger partial charge in [0.2, 0.25) is 0 Å². The molecule has 4 bridgehead atoms. The third kappa shape index (κ3) is 2.68. The Bertz CT molecular complexity index is 1080. The molecule has 0 saturated heterocycles. The third-order valence-corrected chi connectivity index (χ3v) is 5.36. The molecule has 0 unspecified atom stereocenters. The van der Waals surface area contributed by atoms with Crippen molar-refractivity contribution in [3.8, 4) is 11.3 Å². The Kier molecular flexibility index (Phi) is 3.70. The van der Waals surface area contributed by atoms with Crippen molar-refractivity contribution < 1.29 is 4.79 Å². The maximum atomic E-state index is 12.4. The van der Waals surface area contributed by atoms with E-state index in [4.69, 9.17) is 9.97 Å². The molecule has 2 aliphatic rings. The number of anilines is 1. The van der Waals surface area contributed by atoms with Gasteiger partial charge >= 0.3 is 0 Å². The van der Waals surface area contributed by atoms with Crippen LogP contribution in [0, 0.1) is 6.92 Å². The number of carbonyl (C=O) groups is 1. The number of carbonyl (C=O) groups excluding carboxylic acids is 1. The van der Waals surface area contributed by atoms with Crippen LogP contribution in [0.2, 0.25) is 0 Å². The van der Waals surface area contributed by atoms with Gasteiger partial charge in [-0.05, 0) is 31.9 Å². The van der Waals surface area contributed by atoms with Gasteiger partial charge in [0.1, 0.15) is 11.3 Å². The summed E-state index contributed by atoms with van der Waals surface area (Å²) in [5, 5.41) is 6.42. The molecule has 6 nitrogen and oxygen atoms in total. The summed E-state index contributed by atoms with van der Waals surface area (Å²) in [4.78, 5) is 25.5. The van der Waals surface area contributed by atoms with E-state index < -0.39 is 0 Å². The molecule has 136 valence electrons. The van der Waals surface area contributed by atoms with E-state index in [0.29, 0.717) is 6.54 Å². The molecule has 1 aromatic carbocycles. The van der Waals surface area contributed by atoms with E-state index in [0.717, 1.165) is 64.4 Å². The van der Waals surface area contributed by atoms with Crippen LogP contribution in [0.25, 0.3) is 22.3 Å². The van der Waals surface area contributed by atoms with Crippen molar-refractivity contribution >= 4 is 22.8 Å². The zero-order chi connectivity index (χ0) is 18.4. The SMILES string of the molecule is Cc1nc2cccc3c2nc1NCC/C=C\C[C@H]1CNC(=O)c2cc-3[nH]c21. The number of aryl methyl sites for hydroxylation is 1. The number of nitrogens with zero attached hydrogens (tertiary/aromatic N) is 2. The number of aromatic amines is 1. The van der Waals surface area contributed by atoms with Crippen molar-refractivity contribution in [2.45, 2.75) is 25.7 Å². The number of hydrogen-bond donors (Lipinski definition) is 3. The first-order valence-electron chi connectivity index (χ1n) is 9.38. The zero-order valence-electron chi connectivity index (χ0n) is 15.2. The Morgan fingerprint density at radius 3 is 2.96 bits per heavy atom. The molecule has 2 aromatic heterocycles. The average molecular weight is 359 g/mol. The van der Waals surface area contributed by atoms with Gasteiger partial charge in [-0.3, -0.25) is 4.79 Å². The topological polar surface area (TPSA) is 82.7 Å². The van der Waals surface area contributed by atoms with Crippen LogP contribution in [0.5, 0.6) is 0 Å². The lowest BCUT2D eigenvalue weighted by atomic mass is 9.94. The Balaban J connectivity index is 1.76. The quantitative estimate of drug-likeness (QED) is 0.536. The standard InChI is InChI=1S/C21H21N5O/c1-12-20-22-9-4-2-3-6-13-11-23-21(27)15-10-17(25-18(13)15)14-7-5-8-16(24-12)19(14)26-20/h2-3,5,7-8,10,13,25H,4,6,9,11H2,1H3,(H,22,26)(H,23,27)/b3-2-/t13-/m0/s1. The number of amides is 1. The predicted molar refractivity (Wildman–Crippen MR) is 106 cm³/mol. The summed E-state index contributed by atoms with van der Waals surface area (Å²) in [7, 11) is 0. The van der Waals surface area contributed by atoms with Crippen molar-refractivity contribution in [3.63, 3.8) is 0 Å². The van der Waals surface area contributed by atoms with Crippen molar-refractivity contribution in [3.05, 3.63) is 53.4 Å². The molecule has 2 aliphatic heterocycles. The largest absolute Gasteiger partial charge is 0.368 e. The summed E-state index contributed by atoms with van der Waals surface area (Å²) in [5.41, 5.74) is 6.23. The second-order valence-corrected chi connectivity index (χ2v) is 7.17. The monoisotopic (exact) mass is 359 g/mol. The predicted octanol–water partition coefficient (Wildman–Crippen LogP) is 3.52. The van der Waals surface area contributed by atoms with Gasteiger partial charge in [0.15, 0.2) is 0 Å². The fourth-order valence-electron chi connectivity index (χ4n) is 3.94. The first kappa shape index (κ1) is 16.1. The molecule has 3 N–H and O–H groups in total. The van der Waals surface area contributed by atoms with Crippen LogP contribution in [0.15, 0.2) is 36.4 Å². The first-order chi connectivity index (χ1) is 13.2. The minimum absolute atomic E-state index is 0.0124. The van der Waals surface area contributed by atoms with Gasteiger partial charge in [-0.2, -0.15) is 0 Å². The molecule has 6 heteroatoms. The molecule has 0 saturated carbocycles. The number of para-hydroxylation sites is 1. The average Bonchev–Trinajstić information content (AvgIpc) is 3.11. The van der Waals surface area contributed by atoms with Crippen LogP contribution in [-0.2, 0) is 0 Å². The van der Waals surface area contributed by atoms with Crippen LogP contribution >= 0.6 is 0 Å². The number of fused-ring (bicyclic) bond motifs is 3. The molecule has 4 heterocycles. The zero-order valence-corrected chi connectivity index (χ0v) is 15.2. The number of nitrogens with one attached hydrogen (secondary N) is 3. The normalized spacial score (nSPS) is 20.0. The maximum Gasteiger partial charge on any atom is 0.253 e. The molecular weight excluding hydrogens is 338 g/mol. The molecule has 27 heavy (non-hydrogen) atoms. The molecule has 5 rings (SSSR count). The van der Waals surface area contributed by atoms with E-state index in [9.17, 15) is 4.79 Å². The lowest BCUT2D eigenvalue weighted by Crippen LogP contribution is -2.34. The highest BCUT2D eigenvalue weighted by Gasteiger charge is 2.28. The van der Waals surface area contributed by atoms with Gasteiger partial charge in [-0.15, -0.1) is 0 Å². The van der Waals surface area contributed by atoms with Gasteiger partial charge in [0.25, 0.3) is 5.91 Å². The fraction of sp³-hybridized carbons (Fsp3) is 0.286. The van der Waals surface area contributed by atoms with Crippen LogP contribution < -0.4 is 10.6 Å². The van der Waals surface area contributed by atoms with E-state index in [1.54, 1.807) is 0 Å². The van der Waals surface area contributed by atoms with Gasteiger partial charge < -0.3 is 15.6 Å². The highest BCUT2D eigenvalue weighted by Crippen LogP contribution is 2.34. The van der Waals surface area contributed by atoms with Gasteiger partial charge in [0.05, 0.1) is 16.8 Å². The molecule has 0 aliphatic carbocycles. The van der Waals surface area contributed by atoms with Crippen LogP contribution in [-0.4, -0.2) is 33.9 Å². The second kappa shape index (κ2) is 6.23. The lowest BCUT2D eigenvalue weighted by molar-refractivity contribution is 0.0940. The van der Waals surface area contributed by atoms with Crippen LogP contribution in [0.1, 0.15) is 40.5 Å². The summed E-state index contributed by atoms with van der Waals surface area (Å²) >= 11 is 0. The lowest BCUT2D eigenvalue weighted by Gasteiger charge is -2.21. The third-order valence-electron chi connectivity index (χ3n) is 5.36. The van der Waals surface area contributed by atoms with E-state index in [1.807, 2.05) is 31.2 Å². The molecule has 1 atom stereocenters. The minimum Gasteiger partial charge on any atom is -0.368 e. The smallest absolute Gasteiger partial charge is 0.253 e. The number of allylic oxidation sites excluding steroid dienone is 1. The maximum absolute atomic E-state index is 12.4. The minimum atomic E-state index is -0.0124. The Hall–Kier alpha value is -3.15. The molecule has 0 fully saturated rings. The van der Waals surface area contributed by atoms with Gasteiger partial charge in [-0.25, -0.2) is 9.97 Å². The van der Waals surface area contributed by atoms with E-state index in [-0.39, 0.29) is 11.8 Å². The summed E-state index contributed by atoms with van der Waals surface area (Å²) in [6.45, 7) is 3.45. The highest BCUT2D eigenvalue weighted by atomic mass is 16.1. The Morgan fingerprint density at radius 1 is 1.11 bits per heavy atom. The van der Waals surface area contributed by atoms with Gasteiger partial charge in [-0.1, -0.05) is 24.3 Å². The van der Waals surface area contributed by atoms with E-state index in [1.165, 1.54) is 0 Å². The molecular formula is C21H21N5O. The fourth-order valence-corrected chi connectivity index (χ4v) is 3.94.